The fourth-order valence-corrected chi connectivity index (χ4v) is 2.23. The van der Waals surface area contributed by atoms with Crippen LogP contribution in [0.4, 0.5) is 10.1 Å². The van der Waals surface area contributed by atoms with Crippen LogP contribution < -0.4 is 15.2 Å². The molecule has 0 atom stereocenters. The van der Waals surface area contributed by atoms with Crippen LogP contribution in [0.3, 0.4) is 0 Å². The second kappa shape index (κ2) is 7.31. The molecule has 2 aromatic rings. The highest BCUT2D eigenvalue weighted by Crippen LogP contribution is 2.31. The zero-order chi connectivity index (χ0) is 15.2. The smallest absolute Gasteiger partial charge is 0.167 e. The van der Waals surface area contributed by atoms with E-state index in [2.05, 4.69) is 15.9 Å². The Morgan fingerprint density at radius 1 is 1.14 bits per heavy atom. The van der Waals surface area contributed by atoms with Crippen molar-refractivity contribution in [2.75, 3.05) is 12.3 Å². The van der Waals surface area contributed by atoms with Crippen molar-refractivity contribution in [3.05, 3.63) is 52.3 Å². The molecule has 0 saturated heterocycles. The number of benzene rings is 2. The van der Waals surface area contributed by atoms with Gasteiger partial charge in [0.1, 0.15) is 12.4 Å². The molecule has 3 nitrogen and oxygen atoms in total. The molecule has 2 N–H and O–H groups in total. The molecule has 0 saturated carbocycles. The van der Waals surface area contributed by atoms with Crippen molar-refractivity contribution in [1.29, 1.82) is 0 Å². The van der Waals surface area contributed by atoms with Crippen LogP contribution in [-0.4, -0.2) is 6.61 Å². The van der Waals surface area contributed by atoms with Crippen LogP contribution in [0, 0.1) is 5.82 Å². The zero-order valence-corrected chi connectivity index (χ0v) is 13.3. The molecule has 0 bridgehead atoms. The van der Waals surface area contributed by atoms with Gasteiger partial charge in [0, 0.05) is 16.6 Å². The summed E-state index contributed by atoms with van der Waals surface area (Å²) in [7, 11) is 0. The summed E-state index contributed by atoms with van der Waals surface area (Å²) in [6.45, 7) is 2.76. The number of hydrogen-bond acceptors (Lipinski definition) is 3. The molecule has 0 heterocycles. The van der Waals surface area contributed by atoms with Gasteiger partial charge in [0.05, 0.1) is 12.3 Å². The third kappa shape index (κ3) is 4.36. The summed E-state index contributed by atoms with van der Waals surface area (Å²) in [6.07, 6.45) is 0.804. The first-order chi connectivity index (χ1) is 10.1. The van der Waals surface area contributed by atoms with Crippen molar-refractivity contribution in [1.82, 2.24) is 0 Å². The van der Waals surface area contributed by atoms with Crippen LogP contribution in [0.5, 0.6) is 11.5 Å². The number of anilines is 1. The first kappa shape index (κ1) is 15.6. The fourth-order valence-electron chi connectivity index (χ4n) is 1.79. The van der Waals surface area contributed by atoms with Gasteiger partial charge in [0.25, 0.3) is 0 Å². The average Bonchev–Trinajstić information content (AvgIpc) is 2.45. The van der Waals surface area contributed by atoms with Gasteiger partial charge in [-0.3, -0.25) is 0 Å². The summed E-state index contributed by atoms with van der Waals surface area (Å²) in [4.78, 5) is 0. The third-order valence-corrected chi connectivity index (χ3v) is 3.30. The molecular weight excluding hydrogens is 337 g/mol. The zero-order valence-electron chi connectivity index (χ0n) is 11.7. The minimum absolute atomic E-state index is 0.162. The van der Waals surface area contributed by atoms with E-state index in [9.17, 15) is 4.39 Å². The van der Waals surface area contributed by atoms with Gasteiger partial charge in [-0.15, -0.1) is 0 Å². The summed E-state index contributed by atoms with van der Waals surface area (Å²) in [5.41, 5.74) is 7.03. The Balaban J connectivity index is 2.11. The van der Waals surface area contributed by atoms with Crippen LogP contribution in [0.15, 0.2) is 40.9 Å². The first-order valence-electron chi connectivity index (χ1n) is 6.69. The predicted octanol–water partition coefficient (Wildman–Crippen LogP) is 4.54. The quantitative estimate of drug-likeness (QED) is 0.775. The molecule has 0 aliphatic rings. The normalized spacial score (nSPS) is 10.4. The van der Waals surface area contributed by atoms with Crippen LogP contribution >= 0.6 is 15.9 Å². The van der Waals surface area contributed by atoms with Crippen molar-refractivity contribution in [3.63, 3.8) is 0 Å². The molecule has 0 fully saturated rings. The highest BCUT2D eigenvalue weighted by molar-refractivity contribution is 9.10. The summed E-state index contributed by atoms with van der Waals surface area (Å²) in [5.74, 6) is 0.105. The Morgan fingerprint density at radius 3 is 2.67 bits per heavy atom. The summed E-state index contributed by atoms with van der Waals surface area (Å²) < 4.78 is 25.7. The maximum atomic E-state index is 13.7. The van der Waals surface area contributed by atoms with Gasteiger partial charge < -0.3 is 15.2 Å². The van der Waals surface area contributed by atoms with E-state index in [0.717, 1.165) is 16.5 Å². The molecule has 5 heteroatoms. The highest BCUT2D eigenvalue weighted by Gasteiger charge is 2.10. The number of nitrogens with two attached hydrogens (primary N) is 1. The van der Waals surface area contributed by atoms with Crippen LogP contribution in [0.2, 0.25) is 0 Å². The minimum atomic E-state index is -0.476. The molecule has 0 aromatic heterocycles. The van der Waals surface area contributed by atoms with Gasteiger partial charge >= 0.3 is 0 Å². The molecule has 0 aliphatic carbocycles. The van der Waals surface area contributed by atoms with Gasteiger partial charge in [0.15, 0.2) is 11.6 Å². The number of ether oxygens (including phenoxy) is 2. The SMILES string of the molecule is CCCOc1cc(OCc2cccc(Br)c2)c(N)cc1F. The maximum Gasteiger partial charge on any atom is 0.167 e. The average molecular weight is 354 g/mol. The Bertz CT molecular complexity index is 619. The fraction of sp³-hybridized carbons (Fsp3) is 0.250. The predicted molar refractivity (Wildman–Crippen MR) is 85.1 cm³/mol. The minimum Gasteiger partial charge on any atom is -0.490 e. The van der Waals surface area contributed by atoms with Crippen LogP contribution in [-0.2, 0) is 6.61 Å². The van der Waals surface area contributed by atoms with E-state index in [0.29, 0.717) is 19.0 Å². The van der Waals surface area contributed by atoms with E-state index in [-0.39, 0.29) is 11.4 Å². The number of halogens is 2. The molecule has 0 unspecified atom stereocenters. The lowest BCUT2D eigenvalue weighted by atomic mass is 10.2. The molecule has 0 aliphatic heterocycles. The first-order valence-corrected chi connectivity index (χ1v) is 7.48. The van der Waals surface area contributed by atoms with Crippen molar-refractivity contribution in [2.24, 2.45) is 0 Å². The van der Waals surface area contributed by atoms with Crippen LogP contribution in [0.1, 0.15) is 18.9 Å². The van der Waals surface area contributed by atoms with Gasteiger partial charge in [-0.1, -0.05) is 35.0 Å². The van der Waals surface area contributed by atoms with E-state index in [1.807, 2.05) is 31.2 Å². The third-order valence-electron chi connectivity index (χ3n) is 2.81. The van der Waals surface area contributed by atoms with E-state index in [1.165, 1.54) is 12.1 Å². The number of rotatable bonds is 6. The Labute approximate surface area is 132 Å². The lowest BCUT2D eigenvalue weighted by molar-refractivity contribution is 0.287. The Morgan fingerprint density at radius 2 is 1.95 bits per heavy atom. The summed E-state index contributed by atoms with van der Waals surface area (Å²) >= 11 is 3.40. The molecule has 112 valence electrons. The standard InChI is InChI=1S/C16H17BrFNO2/c1-2-6-20-15-9-16(14(19)8-13(15)18)21-10-11-4-3-5-12(17)7-11/h3-5,7-9H,2,6,10,19H2,1H3. The second-order valence-electron chi connectivity index (χ2n) is 4.59. The number of nitrogen functional groups attached to an aromatic ring is 1. The highest BCUT2D eigenvalue weighted by atomic mass is 79.9. The lowest BCUT2D eigenvalue weighted by Crippen LogP contribution is -2.02. The summed E-state index contributed by atoms with van der Waals surface area (Å²) in [6, 6.07) is 10.5. The van der Waals surface area contributed by atoms with Crippen molar-refractivity contribution in [2.45, 2.75) is 20.0 Å². The van der Waals surface area contributed by atoms with E-state index >= 15 is 0 Å². The monoisotopic (exact) mass is 353 g/mol. The molecular formula is C16H17BrFNO2. The van der Waals surface area contributed by atoms with Gasteiger partial charge in [-0.05, 0) is 24.1 Å². The summed E-state index contributed by atoms with van der Waals surface area (Å²) in [5, 5.41) is 0. The van der Waals surface area contributed by atoms with E-state index < -0.39 is 5.82 Å². The molecule has 0 spiro atoms. The molecule has 0 amide bonds. The van der Waals surface area contributed by atoms with E-state index in [1.54, 1.807) is 0 Å². The molecule has 0 radical (unpaired) electrons. The molecule has 21 heavy (non-hydrogen) atoms. The van der Waals surface area contributed by atoms with Gasteiger partial charge in [-0.25, -0.2) is 4.39 Å². The second-order valence-corrected chi connectivity index (χ2v) is 5.50. The Hall–Kier alpha value is -1.75. The largest absolute Gasteiger partial charge is 0.490 e. The molecule has 2 rings (SSSR count). The van der Waals surface area contributed by atoms with E-state index in [4.69, 9.17) is 15.2 Å². The molecule has 2 aromatic carbocycles. The van der Waals surface area contributed by atoms with Gasteiger partial charge in [0.2, 0.25) is 0 Å². The van der Waals surface area contributed by atoms with Crippen molar-refractivity contribution >= 4 is 21.6 Å². The lowest BCUT2D eigenvalue weighted by Gasteiger charge is -2.12. The maximum absolute atomic E-state index is 13.7. The topological polar surface area (TPSA) is 44.5 Å². The van der Waals surface area contributed by atoms with Crippen molar-refractivity contribution in [3.8, 4) is 11.5 Å². The Kier molecular flexibility index (Phi) is 5.44. The van der Waals surface area contributed by atoms with Crippen molar-refractivity contribution < 1.29 is 13.9 Å². The number of hydrogen-bond donors (Lipinski definition) is 1. The van der Waals surface area contributed by atoms with Gasteiger partial charge in [-0.2, -0.15) is 0 Å². The van der Waals surface area contributed by atoms with Crippen LogP contribution in [0.25, 0.3) is 0 Å².